The van der Waals surface area contributed by atoms with E-state index in [1.807, 2.05) is 11.1 Å². The van der Waals surface area contributed by atoms with E-state index >= 15 is 0 Å². The first-order valence-corrected chi connectivity index (χ1v) is 8.86. The van der Waals surface area contributed by atoms with E-state index in [2.05, 4.69) is 20.9 Å². The van der Waals surface area contributed by atoms with E-state index in [-0.39, 0.29) is 12.6 Å². The zero-order valence-electron chi connectivity index (χ0n) is 14.7. The molecule has 0 spiro atoms. The molecule has 2 aliphatic heterocycles. The molecule has 0 unspecified atom stereocenters. The number of carbonyl (C=O) groups is 1. The Morgan fingerprint density at radius 1 is 1.48 bits per heavy atom. The topological polar surface area (TPSA) is 122 Å². The van der Waals surface area contributed by atoms with Crippen LogP contribution in [0.3, 0.4) is 0 Å². The second-order valence-corrected chi connectivity index (χ2v) is 6.84. The van der Waals surface area contributed by atoms with Crippen molar-refractivity contribution in [2.45, 2.75) is 18.9 Å². The minimum atomic E-state index is -0.942. The molecule has 8 nitrogen and oxygen atoms in total. The first kappa shape index (κ1) is 17.1. The Balaban J connectivity index is 1.84. The summed E-state index contributed by atoms with van der Waals surface area (Å²) in [5.74, 6) is -0.942. The minimum absolute atomic E-state index is 0.0623. The molecule has 2 aromatic rings. The molecule has 0 bridgehead atoms. The number of aliphatic carboxylic acids is 1. The Morgan fingerprint density at radius 3 is 3.07 bits per heavy atom. The molecule has 2 aromatic heterocycles. The summed E-state index contributed by atoms with van der Waals surface area (Å²) in [7, 11) is 0. The van der Waals surface area contributed by atoms with Crippen molar-refractivity contribution < 1.29 is 9.90 Å². The van der Waals surface area contributed by atoms with Gasteiger partial charge in [0.15, 0.2) is 0 Å². The number of pyridine rings is 1. The summed E-state index contributed by atoms with van der Waals surface area (Å²) >= 11 is 0. The lowest BCUT2D eigenvalue weighted by Gasteiger charge is -2.34. The van der Waals surface area contributed by atoms with Crippen molar-refractivity contribution in [3.63, 3.8) is 0 Å². The molecule has 1 atom stereocenters. The fourth-order valence-corrected chi connectivity index (χ4v) is 3.77. The molecule has 8 heteroatoms. The van der Waals surface area contributed by atoms with Gasteiger partial charge in [0, 0.05) is 37.7 Å². The van der Waals surface area contributed by atoms with Crippen molar-refractivity contribution in [2.24, 2.45) is 5.73 Å². The number of hydrogen-bond donors (Lipinski definition) is 3. The fourth-order valence-electron chi connectivity index (χ4n) is 3.77. The van der Waals surface area contributed by atoms with E-state index in [1.54, 1.807) is 24.5 Å². The van der Waals surface area contributed by atoms with Crippen LogP contribution >= 0.6 is 0 Å². The number of carboxylic acid groups (broad SMARTS) is 1. The lowest BCUT2D eigenvalue weighted by atomic mass is 10.0. The monoisotopic (exact) mass is 364 g/mol. The molecule has 0 aliphatic carbocycles. The van der Waals surface area contributed by atoms with Crippen LogP contribution in [-0.2, 0) is 4.79 Å². The number of carboxylic acids is 1. The highest BCUT2D eigenvalue weighted by Crippen LogP contribution is 2.38. The average Bonchev–Trinajstić information content (AvgIpc) is 3.11. The van der Waals surface area contributed by atoms with Crippen LogP contribution in [0.25, 0.3) is 11.0 Å². The highest BCUT2D eigenvalue weighted by molar-refractivity contribution is 6.04. The van der Waals surface area contributed by atoms with Gasteiger partial charge in [0.25, 0.3) is 0 Å². The molecule has 0 saturated carbocycles. The van der Waals surface area contributed by atoms with Gasteiger partial charge in [-0.1, -0.05) is 0 Å². The largest absolute Gasteiger partial charge is 0.478 e. The third-order valence-corrected chi connectivity index (χ3v) is 5.04. The zero-order valence-corrected chi connectivity index (χ0v) is 14.7. The SMILES string of the molecule is N#Cc1cnc2[nH]cc(N3C=CC=C(C(=O)O)C3)c2c1N1CCC[C@@H](N)C1. The summed E-state index contributed by atoms with van der Waals surface area (Å²) in [6.07, 6.45) is 10.5. The van der Waals surface area contributed by atoms with Gasteiger partial charge in [-0.2, -0.15) is 5.26 Å². The number of H-pyrrole nitrogens is 1. The molecular formula is C19H20N6O2. The molecule has 0 amide bonds. The number of aromatic amines is 1. The number of allylic oxidation sites excluding steroid dienone is 2. The molecule has 4 rings (SSSR count). The Kier molecular flexibility index (Phi) is 4.30. The number of hydrogen-bond acceptors (Lipinski definition) is 6. The summed E-state index contributed by atoms with van der Waals surface area (Å²) in [6.45, 7) is 1.74. The number of nitrogens with two attached hydrogens (primary N) is 1. The van der Waals surface area contributed by atoms with Gasteiger partial charge in [-0.3, -0.25) is 0 Å². The van der Waals surface area contributed by atoms with Gasteiger partial charge < -0.3 is 25.6 Å². The second kappa shape index (κ2) is 6.78. The molecular weight excluding hydrogens is 344 g/mol. The zero-order chi connectivity index (χ0) is 19.0. The normalized spacial score (nSPS) is 19.9. The number of rotatable bonds is 3. The van der Waals surface area contributed by atoms with Gasteiger partial charge in [0.2, 0.25) is 0 Å². The van der Waals surface area contributed by atoms with Crippen molar-refractivity contribution >= 4 is 28.4 Å². The summed E-state index contributed by atoms with van der Waals surface area (Å²) in [4.78, 5) is 22.9. The molecule has 0 radical (unpaired) electrons. The summed E-state index contributed by atoms with van der Waals surface area (Å²) in [6, 6.07) is 2.31. The predicted molar refractivity (Wildman–Crippen MR) is 102 cm³/mol. The molecule has 4 N–H and O–H groups in total. The van der Waals surface area contributed by atoms with Gasteiger partial charge in [-0.05, 0) is 25.0 Å². The van der Waals surface area contributed by atoms with E-state index in [0.717, 1.165) is 36.1 Å². The predicted octanol–water partition coefficient (Wildman–Crippen LogP) is 1.71. The maximum absolute atomic E-state index is 11.4. The van der Waals surface area contributed by atoms with Gasteiger partial charge in [0.05, 0.1) is 34.4 Å². The van der Waals surface area contributed by atoms with Crippen molar-refractivity contribution in [3.05, 3.63) is 41.9 Å². The van der Waals surface area contributed by atoms with Gasteiger partial charge in [0.1, 0.15) is 11.7 Å². The number of aromatic nitrogens is 2. The molecule has 4 heterocycles. The molecule has 27 heavy (non-hydrogen) atoms. The van der Waals surface area contributed by atoms with E-state index in [9.17, 15) is 15.2 Å². The van der Waals surface area contributed by atoms with Crippen molar-refractivity contribution in [1.29, 1.82) is 5.26 Å². The lowest BCUT2D eigenvalue weighted by Crippen LogP contribution is -2.43. The summed E-state index contributed by atoms with van der Waals surface area (Å²) in [5.41, 5.74) is 9.24. The molecule has 138 valence electrons. The van der Waals surface area contributed by atoms with Gasteiger partial charge in [-0.25, -0.2) is 9.78 Å². The van der Waals surface area contributed by atoms with Crippen molar-refractivity contribution in [1.82, 2.24) is 9.97 Å². The third kappa shape index (κ3) is 3.02. The maximum Gasteiger partial charge on any atom is 0.333 e. The van der Waals surface area contributed by atoms with Crippen molar-refractivity contribution in [3.8, 4) is 6.07 Å². The number of nitrogens with one attached hydrogen (secondary N) is 1. The van der Waals surface area contributed by atoms with Crippen molar-refractivity contribution in [2.75, 3.05) is 29.4 Å². The first-order valence-electron chi connectivity index (χ1n) is 8.86. The van der Waals surface area contributed by atoms with Gasteiger partial charge >= 0.3 is 5.97 Å². The molecule has 0 aromatic carbocycles. The van der Waals surface area contributed by atoms with Crippen LogP contribution in [0.2, 0.25) is 0 Å². The van der Waals surface area contributed by atoms with Gasteiger partial charge in [-0.15, -0.1) is 0 Å². The number of fused-ring (bicyclic) bond motifs is 1. The van der Waals surface area contributed by atoms with E-state index in [1.165, 1.54) is 0 Å². The fraction of sp³-hybridized carbons (Fsp3) is 0.316. The summed E-state index contributed by atoms with van der Waals surface area (Å²) in [5, 5.41) is 19.8. The van der Waals surface area contributed by atoms with Crippen LogP contribution in [-0.4, -0.2) is 46.7 Å². The van der Waals surface area contributed by atoms with E-state index < -0.39 is 5.97 Å². The third-order valence-electron chi connectivity index (χ3n) is 5.04. The number of piperidine rings is 1. The molecule has 1 fully saturated rings. The average molecular weight is 364 g/mol. The Hall–Kier alpha value is -3.31. The van der Waals surface area contributed by atoms with E-state index in [4.69, 9.17) is 5.73 Å². The Morgan fingerprint density at radius 2 is 2.33 bits per heavy atom. The standard InChI is InChI=1S/C19H20N6O2/c20-7-13-8-22-18-16(17(13)25-6-2-4-14(21)11-25)15(9-23-18)24-5-1-3-12(10-24)19(26)27/h1,3,5,8-9,14H,2,4,6,10-11,21H2,(H,22,23)(H,26,27)/t14-/m1/s1. The van der Waals surface area contributed by atoms with Crippen LogP contribution in [0, 0.1) is 11.3 Å². The van der Waals surface area contributed by atoms with E-state index in [0.29, 0.717) is 23.3 Å². The first-order chi connectivity index (χ1) is 13.1. The molecule has 2 aliphatic rings. The Labute approximate surface area is 156 Å². The van der Waals surface area contributed by atoms with Crippen LogP contribution < -0.4 is 15.5 Å². The van der Waals surface area contributed by atoms with Crippen LogP contribution in [0.15, 0.2) is 36.3 Å². The highest BCUT2D eigenvalue weighted by atomic mass is 16.4. The number of nitriles is 1. The lowest BCUT2D eigenvalue weighted by molar-refractivity contribution is -0.132. The highest BCUT2D eigenvalue weighted by Gasteiger charge is 2.26. The quantitative estimate of drug-likeness (QED) is 0.757. The van der Waals surface area contributed by atoms with Crippen LogP contribution in [0.1, 0.15) is 18.4 Å². The van der Waals surface area contributed by atoms with Crippen LogP contribution in [0.4, 0.5) is 11.4 Å². The second-order valence-electron chi connectivity index (χ2n) is 6.84. The summed E-state index contributed by atoms with van der Waals surface area (Å²) < 4.78 is 0. The Bertz CT molecular complexity index is 1000. The number of anilines is 2. The molecule has 1 saturated heterocycles. The minimum Gasteiger partial charge on any atom is -0.478 e. The maximum atomic E-state index is 11.4. The number of nitrogens with zero attached hydrogens (tertiary/aromatic N) is 4. The van der Waals surface area contributed by atoms with Crippen LogP contribution in [0.5, 0.6) is 0 Å². The smallest absolute Gasteiger partial charge is 0.333 e.